The highest BCUT2D eigenvalue weighted by atomic mass is 16.4. The number of carbonyl (C=O) groups excluding carboxylic acids is 1. The molecule has 27 heavy (non-hydrogen) atoms. The molecule has 2 aromatic carbocycles. The lowest BCUT2D eigenvalue weighted by molar-refractivity contribution is 0.0696. The molecule has 0 saturated heterocycles. The van der Waals surface area contributed by atoms with Crippen molar-refractivity contribution >= 4 is 18.1 Å². The minimum atomic E-state index is -1.10. The Morgan fingerprint density at radius 1 is 1.07 bits per heavy atom. The highest BCUT2D eigenvalue weighted by molar-refractivity contribution is 5.99. The summed E-state index contributed by atoms with van der Waals surface area (Å²) in [6.07, 6.45) is 1.22. The molecular formula is C19H14N4O4. The van der Waals surface area contributed by atoms with E-state index < -0.39 is 17.6 Å². The van der Waals surface area contributed by atoms with Crippen LogP contribution in [0.5, 0.6) is 0 Å². The summed E-state index contributed by atoms with van der Waals surface area (Å²) in [7, 11) is 0. The number of amides is 1. The molecule has 3 rings (SSSR count). The van der Waals surface area contributed by atoms with Gasteiger partial charge in [0.1, 0.15) is 5.69 Å². The Morgan fingerprint density at radius 3 is 2.52 bits per heavy atom. The van der Waals surface area contributed by atoms with Gasteiger partial charge in [-0.25, -0.2) is 15.0 Å². The van der Waals surface area contributed by atoms with E-state index in [1.165, 1.54) is 18.3 Å². The minimum Gasteiger partial charge on any atom is -0.478 e. The molecule has 0 unspecified atom stereocenters. The number of hydrogen-bond donors (Lipinski definition) is 3. The van der Waals surface area contributed by atoms with Crippen LogP contribution >= 0.6 is 0 Å². The van der Waals surface area contributed by atoms with Gasteiger partial charge < -0.3 is 10.1 Å². The van der Waals surface area contributed by atoms with E-state index in [9.17, 15) is 14.4 Å². The number of H-pyrrole nitrogens is 1. The molecule has 0 spiro atoms. The second kappa shape index (κ2) is 7.87. The van der Waals surface area contributed by atoms with Crippen molar-refractivity contribution in [3.8, 4) is 11.3 Å². The fourth-order valence-electron chi connectivity index (χ4n) is 2.36. The monoisotopic (exact) mass is 362 g/mol. The Morgan fingerprint density at radius 2 is 1.78 bits per heavy atom. The molecule has 0 aliphatic heterocycles. The molecule has 0 bridgehead atoms. The first-order chi connectivity index (χ1) is 13.0. The highest BCUT2D eigenvalue weighted by Crippen LogP contribution is 2.15. The van der Waals surface area contributed by atoms with Crippen LogP contribution in [0.15, 0.2) is 70.6 Å². The molecule has 1 heterocycles. The zero-order chi connectivity index (χ0) is 19.2. The summed E-state index contributed by atoms with van der Waals surface area (Å²) >= 11 is 0. The van der Waals surface area contributed by atoms with Crippen LogP contribution in [-0.2, 0) is 0 Å². The van der Waals surface area contributed by atoms with Gasteiger partial charge in [0, 0.05) is 11.1 Å². The summed E-state index contributed by atoms with van der Waals surface area (Å²) in [4.78, 5) is 41.4. The fraction of sp³-hybridized carbons (Fsp3) is 0. The van der Waals surface area contributed by atoms with Gasteiger partial charge in [0.2, 0.25) is 0 Å². The first kappa shape index (κ1) is 17.7. The Kier molecular flexibility index (Phi) is 5.17. The number of hydrazone groups is 1. The molecule has 8 heteroatoms. The van der Waals surface area contributed by atoms with Gasteiger partial charge in [0.05, 0.1) is 17.5 Å². The van der Waals surface area contributed by atoms with Crippen molar-refractivity contribution < 1.29 is 14.7 Å². The summed E-state index contributed by atoms with van der Waals surface area (Å²) < 4.78 is 0. The summed E-state index contributed by atoms with van der Waals surface area (Å²) in [6, 6.07) is 16.6. The van der Waals surface area contributed by atoms with Crippen LogP contribution in [0.1, 0.15) is 26.4 Å². The number of aromatic carboxylic acids is 1. The lowest BCUT2D eigenvalue weighted by atomic mass is 10.1. The van der Waals surface area contributed by atoms with Gasteiger partial charge in [-0.15, -0.1) is 0 Å². The van der Waals surface area contributed by atoms with Gasteiger partial charge in [0.15, 0.2) is 0 Å². The third-order valence-electron chi connectivity index (χ3n) is 3.62. The summed E-state index contributed by atoms with van der Waals surface area (Å²) in [5.74, 6) is -1.76. The molecule has 0 saturated carbocycles. The second-order valence-electron chi connectivity index (χ2n) is 5.44. The first-order valence-electron chi connectivity index (χ1n) is 7.87. The Hall–Kier alpha value is -4.07. The van der Waals surface area contributed by atoms with Gasteiger partial charge in [-0.2, -0.15) is 10.1 Å². The maximum absolute atomic E-state index is 12.3. The molecule has 0 aliphatic rings. The number of aromatic amines is 1. The lowest BCUT2D eigenvalue weighted by Crippen LogP contribution is -2.24. The molecule has 0 fully saturated rings. The molecule has 8 nitrogen and oxygen atoms in total. The van der Waals surface area contributed by atoms with Crippen molar-refractivity contribution in [1.82, 2.24) is 15.4 Å². The number of carboxylic acid groups (broad SMARTS) is 1. The zero-order valence-corrected chi connectivity index (χ0v) is 13.9. The normalized spacial score (nSPS) is 10.7. The Bertz CT molecular complexity index is 1070. The van der Waals surface area contributed by atoms with Crippen LogP contribution in [0.4, 0.5) is 0 Å². The van der Waals surface area contributed by atoms with Crippen molar-refractivity contribution in [3.63, 3.8) is 0 Å². The molecule has 1 aromatic heterocycles. The van der Waals surface area contributed by atoms with Gasteiger partial charge >= 0.3 is 11.7 Å². The maximum atomic E-state index is 12.3. The summed E-state index contributed by atoms with van der Waals surface area (Å²) in [5, 5.41) is 12.9. The number of benzene rings is 2. The number of carboxylic acids is 1. The second-order valence-corrected chi connectivity index (χ2v) is 5.44. The van der Waals surface area contributed by atoms with Crippen molar-refractivity contribution in [2.75, 3.05) is 0 Å². The van der Waals surface area contributed by atoms with E-state index in [1.54, 1.807) is 42.5 Å². The van der Waals surface area contributed by atoms with Gasteiger partial charge in [-0.3, -0.25) is 4.79 Å². The standard InChI is InChI=1S/C19H14N4O4/c24-17(23-20-11-13-8-4-5-9-14(13)18(25)26)16-10-15(21-19(27)22-16)12-6-2-1-3-7-12/h1-11H,(H,23,24)(H,25,26)(H,21,22,27)/b20-11+. The third kappa shape index (κ3) is 4.31. The quantitative estimate of drug-likeness (QED) is 0.472. The minimum absolute atomic E-state index is 0.0162. The van der Waals surface area contributed by atoms with Crippen LogP contribution in [0, 0.1) is 0 Å². The fourth-order valence-corrected chi connectivity index (χ4v) is 2.36. The molecule has 0 aliphatic carbocycles. The van der Waals surface area contributed by atoms with E-state index in [4.69, 9.17) is 5.11 Å². The average molecular weight is 362 g/mol. The third-order valence-corrected chi connectivity index (χ3v) is 3.62. The average Bonchev–Trinajstić information content (AvgIpc) is 2.68. The Labute approximate surface area is 153 Å². The first-order valence-corrected chi connectivity index (χ1v) is 7.87. The van der Waals surface area contributed by atoms with Crippen LogP contribution in [-0.4, -0.2) is 33.2 Å². The van der Waals surface area contributed by atoms with E-state index >= 15 is 0 Å². The molecule has 0 atom stereocenters. The Balaban J connectivity index is 1.80. The summed E-state index contributed by atoms with van der Waals surface area (Å²) in [6.45, 7) is 0. The smallest absolute Gasteiger partial charge is 0.346 e. The van der Waals surface area contributed by atoms with E-state index in [2.05, 4.69) is 20.5 Å². The topological polar surface area (TPSA) is 125 Å². The lowest BCUT2D eigenvalue weighted by Gasteiger charge is -2.04. The molecule has 0 radical (unpaired) electrons. The van der Waals surface area contributed by atoms with E-state index in [0.717, 1.165) is 0 Å². The van der Waals surface area contributed by atoms with Gasteiger partial charge in [0.25, 0.3) is 5.91 Å². The van der Waals surface area contributed by atoms with Crippen LogP contribution in [0.25, 0.3) is 11.3 Å². The van der Waals surface area contributed by atoms with Crippen molar-refractivity contribution in [2.24, 2.45) is 5.10 Å². The van der Waals surface area contributed by atoms with Crippen LogP contribution in [0.2, 0.25) is 0 Å². The van der Waals surface area contributed by atoms with Crippen molar-refractivity contribution in [1.29, 1.82) is 0 Å². The van der Waals surface area contributed by atoms with E-state index in [1.807, 2.05) is 6.07 Å². The highest BCUT2D eigenvalue weighted by Gasteiger charge is 2.10. The molecule has 3 N–H and O–H groups in total. The number of nitrogens with zero attached hydrogens (tertiary/aromatic N) is 2. The zero-order valence-electron chi connectivity index (χ0n) is 13.9. The molecule has 3 aromatic rings. The van der Waals surface area contributed by atoms with Gasteiger partial charge in [-0.1, -0.05) is 48.5 Å². The van der Waals surface area contributed by atoms with E-state index in [0.29, 0.717) is 16.8 Å². The molecular weight excluding hydrogens is 348 g/mol. The maximum Gasteiger partial charge on any atom is 0.346 e. The molecule has 134 valence electrons. The molecule has 1 amide bonds. The predicted octanol–water partition coefficient (Wildman–Crippen LogP) is 1.90. The van der Waals surface area contributed by atoms with Crippen molar-refractivity contribution in [2.45, 2.75) is 0 Å². The number of carbonyl (C=O) groups is 2. The van der Waals surface area contributed by atoms with Crippen LogP contribution < -0.4 is 11.1 Å². The number of rotatable bonds is 5. The largest absolute Gasteiger partial charge is 0.478 e. The predicted molar refractivity (Wildman–Crippen MR) is 98.8 cm³/mol. The van der Waals surface area contributed by atoms with Crippen LogP contribution in [0.3, 0.4) is 0 Å². The summed E-state index contributed by atoms with van der Waals surface area (Å²) in [5.41, 5.74) is 3.01. The van der Waals surface area contributed by atoms with E-state index in [-0.39, 0.29) is 11.3 Å². The number of aromatic nitrogens is 2. The number of nitrogens with one attached hydrogen (secondary N) is 2. The van der Waals surface area contributed by atoms with Gasteiger partial charge in [-0.05, 0) is 12.1 Å². The number of hydrogen-bond acceptors (Lipinski definition) is 5. The van der Waals surface area contributed by atoms with Crippen molar-refractivity contribution in [3.05, 3.63) is 88.0 Å². The SMILES string of the molecule is O=C(N/N=C/c1ccccc1C(=O)O)c1cc(-c2ccccc2)nc(=O)[nH]1.